The van der Waals surface area contributed by atoms with Gasteiger partial charge in [-0.05, 0) is 81.3 Å². The number of hydrogen-bond donors (Lipinski definition) is 1. The van der Waals surface area contributed by atoms with Crippen molar-refractivity contribution in [1.82, 2.24) is 14.5 Å². The Morgan fingerprint density at radius 2 is 1.59 bits per heavy atom. The minimum Gasteiger partial charge on any atom is -0.476 e. The number of aromatic nitrogens is 2. The molecule has 1 aromatic heterocycles. The molecule has 6 rings (SSSR count). The average molecular weight is 464 g/mol. The van der Waals surface area contributed by atoms with Gasteiger partial charge in [-0.3, -0.25) is 9.69 Å². The predicted molar refractivity (Wildman–Crippen MR) is 132 cm³/mol. The molecule has 4 fully saturated rings. The van der Waals surface area contributed by atoms with Gasteiger partial charge in [-0.15, -0.1) is 0 Å². The molecular weight excluding hydrogens is 426 g/mol. The molecule has 7 atom stereocenters. The van der Waals surface area contributed by atoms with Crippen LogP contribution in [0.1, 0.15) is 94.1 Å². The molecule has 1 aromatic carbocycles. The van der Waals surface area contributed by atoms with E-state index in [1.165, 1.54) is 57.8 Å². The molecule has 2 aliphatic heterocycles. The summed E-state index contributed by atoms with van der Waals surface area (Å²) in [6, 6.07) is 9.18. The summed E-state index contributed by atoms with van der Waals surface area (Å²) < 4.78 is 1.79. The van der Waals surface area contributed by atoms with Crippen LogP contribution in [0.5, 0.6) is 0 Å². The number of fused-ring (bicyclic) bond motifs is 5. The van der Waals surface area contributed by atoms with E-state index < -0.39 is 11.5 Å². The van der Waals surface area contributed by atoms with Gasteiger partial charge in [0.1, 0.15) is 0 Å². The van der Waals surface area contributed by atoms with E-state index in [1.807, 2.05) is 24.3 Å². The van der Waals surface area contributed by atoms with Crippen molar-refractivity contribution in [2.45, 2.75) is 102 Å². The number of carboxylic acids is 1. The van der Waals surface area contributed by atoms with Gasteiger partial charge >= 0.3 is 5.97 Å². The molecule has 2 aromatic rings. The lowest BCUT2D eigenvalue weighted by Gasteiger charge is -2.53. The zero-order valence-electron chi connectivity index (χ0n) is 20.2. The van der Waals surface area contributed by atoms with Gasteiger partial charge in [0.05, 0.1) is 11.0 Å². The van der Waals surface area contributed by atoms with Crippen LogP contribution in [0.25, 0.3) is 11.0 Å². The normalized spacial score (nSPS) is 36.2. The van der Waals surface area contributed by atoms with Crippen molar-refractivity contribution in [3.05, 3.63) is 40.3 Å². The highest BCUT2D eigenvalue weighted by Gasteiger charge is 2.44. The number of piperidine rings is 2. The van der Waals surface area contributed by atoms with Gasteiger partial charge in [-0.2, -0.15) is 0 Å². The Morgan fingerprint density at radius 1 is 0.882 bits per heavy atom. The standard InChI is InChI=1S/C28H37N3O3/c1-17-11-18-9-10-19(13-18)14-22(12-17)30-20-5-4-6-21(30)16-23(15-20)31-25-8-3-2-7-24(25)29-26(27(31)32)28(33)34/h2-3,7-8,17-23H,4-6,9-16H2,1H3,(H,33,34)/t17-,18+,19+,20-,21+,22-,23+/m0/s1. The molecule has 182 valence electrons. The summed E-state index contributed by atoms with van der Waals surface area (Å²) in [4.78, 5) is 32.3. The number of benzene rings is 1. The van der Waals surface area contributed by atoms with E-state index in [1.54, 1.807) is 4.57 Å². The molecule has 0 radical (unpaired) electrons. The van der Waals surface area contributed by atoms with E-state index in [4.69, 9.17) is 0 Å². The van der Waals surface area contributed by atoms with Crippen LogP contribution < -0.4 is 5.56 Å². The Labute approximate surface area is 201 Å². The number of aromatic carboxylic acids is 1. The van der Waals surface area contributed by atoms with Crippen LogP contribution in [0.4, 0.5) is 0 Å². The van der Waals surface area contributed by atoms with Crippen LogP contribution in [-0.4, -0.2) is 43.7 Å². The molecule has 2 saturated heterocycles. The van der Waals surface area contributed by atoms with Crippen molar-refractivity contribution in [2.75, 3.05) is 0 Å². The fourth-order valence-corrected chi connectivity index (χ4v) is 8.31. The van der Waals surface area contributed by atoms with Crippen molar-refractivity contribution in [3.8, 4) is 0 Å². The van der Waals surface area contributed by atoms with Crippen LogP contribution in [0, 0.1) is 17.8 Å². The zero-order chi connectivity index (χ0) is 23.4. The molecule has 4 aliphatic rings. The highest BCUT2D eigenvalue weighted by atomic mass is 16.4. The minimum atomic E-state index is -1.24. The minimum absolute atomic E-state index is 0.0342. The van der Waals surface area contributed by atoms with Gasteiger partial charge in [0, 0.05) is 24.2 Å². The third-order valence-electron chi connectivity index (χ3n) is 9.46. The van der Waals surface area contributed by atoms with Gasteiger partial charge in [0.25, 0.3) is 5.56 Å². The van der Waals surface area contributed by atoms with Crippen molar-refractivity contribution >= 4 is 17.0 Å². The van der Waals surface area contributed by atoms with E-state index in [9.17, 15) is 14.7 Å². The number of hydrogen-bond acceptors (Lipinski definition) is 4. The quantitative estimate of drug-likeness (QED) is 0.672. The summed E-state index contributed by atoms with van der Waals surface area (Å²) in [5.41, 5.74) is 0.567. The van der Waals surface area contributed by atoms with Crippen molar-refractivity contribution in [3.63, 3.8) is 0 Å². The maximum atomic E-state index is 13.3. The fraction of sp³-hybridized carbons (Fsp3) is 0.679. The molecule has 6 heteroatoms. The monoisotopic (exact) mass is 463 g/mol. The maximum Gasteiger partial charge on any atom is 0.360 e. The highest BCUT2D eigenvalue weighted by Crippen LogP contribution is 2.47. The number of para-hydroxylation sites is 2. The second-order valence-electron chi connectivity index (χ2n) is 11.8. The van der Waals surface area contributed by atoms with Crippen molar-refractivity contribution < 1.29 is 9.90 Å². The highest BCUT2D eigenvalue weighted by molar-refractivity contribution is 5.88. The predicted octanol–water partition coefficient (Wildman–Crippen LogP) is 5.26. The lowest BCUT2D eigenvalue weighted by atomic mass is 9.76. The van der Waals surface area contributed by atoms with Gasteiger partial charge < -0.3 is 9.67 Å². The second kappa shape index (κ2) is 8.78. The molecule has 3 heterocycles. The third kappa shape index (κ3) is 3.88. The van der Waals surface area contributed by atoms with Crippen LogP contribution in [-0.2, 0) is 0 Å². The van der Waals surface area contributed by atoms with Crippen LogP contribution in [0.2, 0.25) is 0 Å². The van der Waals surface area contributed by atoms with Gasteiger partial charge in [-0.1, -0.05) is 38.3 Å². The summed E-state index contributed by atoms with van der Waals surface area (Å²) in [7, 11) is 0. The number of rotatable bonds is 3. The first-order valence-electron chi connectivity index (χ1n) is 13.5. The number of nitrogens with zero attached hydrogens (tertiary/aromatic N) is 3. The topological polar surface area (TPSA) is 75.4 Å². The van der Waals surface area contributed by atoms with E-state index in [2.05, 4.69) is 16.8 Å². The lowest BCUT2D eigenvalue weighted by molar-refractivity contribution is -0.0332. The summed E-state index contributed by atoms with van der Waals surface area (Å²) in [5, 5.41) is 9.66. The first-order valence-corrected chi connectivity index (χ1v) is 13.5. The third-order valence-corrected chi connectivity index (χ3v) is 9.46. The van der Waals surface area contributed by atoms with E-state index in [0.29, 0.717) is 23.6 Å². The maximum absolute atomic E-state index is 13.3. The van der Waals surface area contributed by atoms with Crippen LogP contribution in [0.3, 0.4) is 0 Å². The Bertz CT molecular complexity index is 1130. The molecule has 0 spiro atoms. The smallest absolute Gasteiger partial charge is 0.360 e. The van der Waals surface area contributed by atoms with Crippen molar-refractivity contribution in [2.24, 2.45) is 17.8 Å². The Morgan fingerprint density at radius 3 is 2.32 bits per heavy atom. The fourth-order valence-electron chi connectivity index (χ4n) is 8.31. The Kier molecular flexibility index (Phi) is 5.75. The Hall–Kier alpha value is -2.21. The van der Waals surface area contributed by atoms with E-state index in [0.717, 1.165) is 36.1 Å². The van der Waals surface area contributed by atoms with E-state index >= 15 is 0 Å². The number of carboxylic acid groups (broad SMARTS) is 1. The molecule has 1 N–H and O–H groups in total. The SMILES string of the molecule is C[C@H]1C[C@H]2CC[C@H](C2)C[C@@H](N2[C@@H]3CCC[C@H]2C[C@@H](n2c(=O)c(C(=O)O)nc4ccccc42)C3)C1. The van der Waals surface area contributed by atoms with Crippen molar-refractivity contribution in [1.29, 1.82) is 0 Å². The molecule has 6 nitrogen and oxygen atoms in total. The first kappa shape index (κ1) is 22.3. The van der Waals surface area contributed by atoms with Gasteiger partial charge in [0.2, 0.25) is 5.69 Å². The summed E-state index contributed by atoms with van der Waals surface area (Å²) in [5.74, 6) is 1.41. The lowest BCUT2D eigenvalue weighted by Crippen LogP contribution is -2.58. The second-order valence-corrected chi connectivity index (χ2v) is 11.8. The number of carbonyl (C=O) groups is 1. The van der Waals surface area contributed by atoms with Gasteiger partial charge in [0.15, 0.2) is 0 Å². The van der Waals surface area contributed by atoms with Crippen LogP contribution >= 0.6 is 0 Å². The summed E-state index contributed by atoms with van der Waals surface area (Å²) in [6.45, 7) is 2.46. The average Bonchev–Trinajstić information content (AvgIpc) is 3.25. The van der Waals surface area contributed by atoms with Gasteiger partial charge in [-0.25, -0.2) is 9.78 Å². The molecule has 2 aliphatic carbocycles. The summed E-state index contributed by atoms with van der Waals surface area (Å²) >= 11 is 0. The molecule has 0 unspecified atom stereocenters. The Balaban J connectivity index is 1.34. The molecule has 34 heavy (non-hydrogen) atoms. The molecule has 4 bridgehead atoms. The largest absolute Gasteiger partial charge is 0.476 e. The van der Waals surface area contributed by atoms with E-state index in [-0.39, 0.29) is 11.7 Å². The first-order chi connectivity index (χ1) is 16.5. The molecule has 0 amide bonds. The molecular formula is C28H37N3O3. The van der Waals surface area contributed by atoms with Crippen LogP contribution in [0.15, 0.2) is 29.1 Å². The molecule has 2 saturated carbocycles. The zero-order valence-corrected chi connectivity index (χ0v) is 20.2. The summed E-state index contributed by atoms with van der Waals surface area (Å²) in [6.07, 6.45) is 13.8.